The van der Waals surface area contributed by atoms with Gasteiger partial charge in [-0.3, -0.25) is 4.79 Å². The summed E-state index contributed by atoms with van der Waals surface area (Å²) in [6.07, 6.45) is 0.471. The van der Waals surface area contributed by atoms with Gasteiger partial charge in [-0.1, -0.05) is 23.7 Å². The van der Waals surface area contributed by atoms with Crippen molar-refractivity contribution >= 4 is 17.4 Å². The number of Topliss-reactive ketones (excluding diaryl/α,β-unsaturated/α-hetero) is 1. The first kappa shape index (κ1) is 14.5. The van der Waals surface area contributed by atoms with E-state index in [4.69, 9.17) is 11.6 Å². The Morgan fingerprint density at radius 3 is 2.47 bits per heavy atom. The van der Waals surface area contributed by atoms with Crippen LogP contribution in [0.5, 0.6) is 0 Å². The number of likely N-dealkylation sites (tertiary alicyclic amines) is 1. The molecule has 104 valence electrons. The van der Waals surface area contributed by atoms with E-state index in [2.05, 4.69) is 4.90 Å². The number of hydrogen-bond acceptors (Lipinski definition) is 2. The highest BCUT2D eigenvalue weighted by Crippen LogP contribution is 2.23. The van der Waals surface area contributed by atoms with E-state index in [1.165, 1.54) is 0 Å². The normalized spacial score (nSPS) is 19.3. The average Bonchev–Trinajstić information content (AvgIpc) is 2.39. The molecule has 0 bridgehead atoms. The van der Waals surface area contributed by atoms with E-state index >= 15 is 0 Å². The van der Waals surface area contributed by atoms with Crippen LogP contribution in [0.2, 0.25) is 5.02 Å². The summed E-state index contributed by atoms with van der Waals surface area (Å²) in [5.74, 6) is -0.00174. The van der Waals surface area contributed by atoms with E-state index in [-0.39, 0.29) is 11.7 Å². The van der Waals surface area contributed by atoms with Gasteiger partial charge in [-0.2, -0.15) is 0 Å². The molecular formula is C15H19ClFNO. The summed E-state index contributed by atoms with van der Waals surface area (Å²) < 4.78 is 13.1. The van der Waals surface area contributed by atoms with E-state index in [1.54, 1.807) is 19.1 Å². The van der Waals surface area contributed by atoms with Gasteiger partial charge in [0.25, 0.3) is 0 Å². The van der Waals surface area contributed by atoms with Crippen LogP contribution >= 0.6 is 11.6 Å². The number of alkyl halides is 1. The molecule has 4 heteroatoms. The monoisotopic (exact) mass is 283 g/mol. The lowest BCUT2D eigenvalue weighted by molar-refractivity contribution is -0.118. The summed E-state index contributed by atoms with van der Waals surface area (Å²) in [6, 6.07) is 7.41. The molecule has 1 aliphatic heterocycles. The zero-order valence-corrected chi connectivity index (χ0v) is 11.9. The molecule has 0 N–H and O–H groups in total. The Morgan fingerprint density at radius 2 is 1.95 bits per heavy atom. The van der Waals surface area contributed by atoms with Gasteiger partial charge < -0.3 is 4.90 Å². The van der Waals surface area contributed by atoms with Gasteiger partial charge in [-0.25, -0.2) is 4.39 Å². The predicted octanol–water partition coefficient (Wildman–Crippen LogP) is 3.45. The molecule has 0 radical (unpaired) electrons. The number of ketones is 1. The highest BCUT2D eigenvalue weighted by Gasteiger charge is 2.24. The molecule has 0 unspecified atom stereocenters. The Kier molecular flexibility index (Phi) is 4.94. The average molecular weight is 284 g/mol. The first-order valence-corrected chi connectivity index (χ1v) is 7.06. The van der Waals surface area contributed by atoms with E-state index in [0.29, 0.717) is 24.4 Å². The van der Waals surface area contributed by atoms with Crippen molar-refractivity contribution in [1.29, 1.82) is 0 Å². The smallest absolute Gasteiger partial charge is 0.138 e. The Hall–Kier alpha value is -0.930. The van der Waals surface area contributed by atoms with E-state index in [0.717, 1.165) is 18.7 Å². The SMILES string of the molecule is CC(=O)[C@H](CN1CCC(F)CC1)c1ccc(Cl)cc1. The van der Waals surface area contributed by atoms with Crippen LogP contribution < -0.4 is 0 Å². The minimum atomic E-state index is -0.678. The van der Waals surface area contributed by atoms with Gasteiger partial charge in [0.15, 0.2) is 0 Å². The van der Waals surface area contributed by atoms with Crippen molar-refractivity contribution in [1.82, 2.24) is 4.90 Å². The molecule has 0 saturated carbocycles. The Balaban J connectivity index is 2.04. The first-order valence-electron chi connectivity index (χ1n) is 6.68. The fraction of sp³-hybridized carbons (Fsp3) is 0.533. The van der Waals surface area contributed by atoms with E-state index in [1.807, 2.05) is 12.1 Å². The number of nitrogens with zero attached hydrogens (tertiary/aromatic N) is 1. The number of carbonyl (C=O) groups excluding carboxylic acids is 1. The van der Waals surface area contributed by atoms with E-state index in [9.17, 15) is 9.18 Å². The third-order valence-electron chi connectivity index (χ3n) is 3.72. The maximum atomic E-state index is 13.1. The van der Waals surface area contributed by atoms with Gasteiger partial charge in [-0.15, -0.1) is 0 Å². The number of halogens is 2. The lowest BCUT2D eigenvalue weighted by atomic mass is 9.94. The van der Waals surface area contributed by atoms with Crippen LogP contribution in [0.1, 0.15) is 31.2 Å². The largest absolute Gasteiger partial charge is 0.302 e. The molecule has 0 aromatic heterocycles. The van der Waals surface area contributed by atoms with Gasteiger partial charge in [-0.05, 0) is 37.5 Å². The third kappa shape index (κ3) is 4.02. The minimum absolute atomic E-state index is 0.143. The second-order valence-electron chi connectivity index (χ2n) is 5.19. The molecule has 1 fully saturated rings. The van der Waals surface area contributed by atoms with Crippen molar-refractivity contribution in [2.45, 2.75) is 31.9 Å². The van der Waals surface area contributed by atoms with Crippen LogP contribution in [-0.4, -0.2) is 36.5 Å². The molecule has 0 aliphatic carbocycles. The van der Waals surface area contributed by atoms with Gasteiger partial charge in [0.2, 0.25) is 0 Å². The standard InChI is InChI=1S/C15H19ClFNO/c1-11(19)15(12-2-4-13(16)5-3-12)10-18-8-6-14(17)7-9-18/h2-5,14-15H,6-10H2,1H3/t15-/m0/s1. The van der Waals surface area contributed by atoms with Crippen molar-refractivity contribution in [3.63, 3.8) is 0 Å². The fourth-order valence-corrected chi connectivity index (χ4v) is 2.63. The Bertz CT molecular complexity index is 426. The zero-order chi connectivity index (χ0) is 13.8. The second-order valence-corrected chi connectivity index (χ2v) is 5.63. The molecular weight excluding hydrogens is 265 g/mol. The van der Waals surface area contributed by atoms with Crippen molar-refractivity contribution in [3.8, 4) is 0 Å². The van der Waals surface area contributed by atoms with Crippen LogP contribution in [0.4, 0.5) is 4.39 Å². The van der Waals surface area contributed by atoms with Crippen LogP contribution in [0.15, 0.2) is 24.3 Å². The maximum absolute atomic E-state index is 13.1. The van der Waals surface area contributed by atoms with Crippen LogP contribution in [0.25, 0.3) is 0 Å². The maximum Gasteiger partial charge on any atom is 0.138 e. The lowest BCUT2D eigenvalue weighted by Gasteiger charge is -2.31. The molecule has 1 aromatic rings. The second kappa shape index (κ2) is 6.49. The van der Waals surface area contributed by atoms with Crippen molar-refractivity contribution in [2.75, 3.05) is 19.6 Å². The summed E-state index contributed by atoms with van der Waals surface area (Å²) in [4.78, 5) is 14.0. The van der Waals surface area contributed by atoms with Gasteiger partial charge >= 0.3 is 0 Å². The fourth-order valence-electron chi connectivity index (χ4n) is 2.51. The molecule has 1 heterocycles. The number of piperidine rings is 1. The van der Waals surface area contributed by atoms with Crippen LogP contribution in [0.3, 0.4) is 0 Å². The quantitative estimate of drug-likeness (QED) is 0.844. The van der Waals surface area contributed by atoms with Crippen molar-refractivity contribution in [2.24, 2.45) is 0 Å². The molecule has 0 amide bonds. The highest BCUT2D eigenvalue weighted by atomic mass is 35.5. The van der Waals surface area contributed by atoms with Crippen LogP contribution in [0, 0.1) is 0 Å². The van der Waals surface area contributed by atoms with Gasteiger partial charge in [0.05, 0.1) is 5.92 Å². The number of benzene rings is 1. The summed E-state index contributed by atoms with van der Waals surface area (Å²) >= 11 is 5.87. The number of carbonyl (C=O) groups is 1. The van der Waals surface area contributed by atoms with Crippen molar-refractivity contribution < 1.29 is 9.18 Å². The predicted molar refractivity (Wildman–Crippen MR) is 75.4 cm³/mol. The summed E-state index contributed by atoms with van der Waals surface area (Å²) in [7, 11) is 0. The number of rotatable bonds is 4. The topological polar surface area (TPSA) is 20.3 Å². The highest BCUT2D eigenvalue weighted by molar-refractivity contribution is 6.30. The summed E-state index contributed by atoms with van der Waals surface area (Å²) in [6.45, 7) is 3.75. The van der Waals surface area contributed by atoms with Gasteiger partial charge in [0, 0.05) is 24.7 Å². The molecule has 2 rings (SSSR count). The molecule has 1 aliphatic rings. The lowest BCUT2D eigenvalue weighted by Crippen LogP contribution is -2.38. The molecule has 1 aromatic carbocycles. The summed E-state index contributed by atoms with van der Waals surface area (Å²) in [5, 5.41) is 0.671. The molecule has 19 heavy (non-hydrogen) atoms. The van der Waals surface area contributed by atoms with Crippen molar-refractivity contribution in [3.05, 3.63) is 34.9 Å². The van der Waals surface area contributed by atoms with Crippen LogP contribution in [-0.2, 0) is 4.79 Å². The zero-order valence-electron chi connectivity index (χ0n) is 11.1. The molecule has 0 spiro atoms. The molecule has 2 nitrogen and oxygen atoms in total. The first-order chi connectivity index (χ1) is 9.06. The molecule has 1 saturated heterocycles. The number of hydrogen-bond donors (Lipinski definition) is 0. The Morgan fingerprint density at radius 1 is 1.37 bits per heavy atom. The third-order valence-corrected chi connectivity index (χ3v) is 3.97. The Labute approximate surface area is 118 Å². The van der Waals surface area contributed by atoms with Gasteiger partial charge in [0.1, 0.15) is 12.0 Å². The molecule has 1 atom stereocenters. The van der Waals surface area contributed by atoms with E-state index < -0.39 is 6.17 Å². The summed E-state index contributed by atoms with van der Waals surface area (Å²) in [5.41, 5.74) is 0.985. The minimum Gasteiger partial charge on any atom is -0.302 e.